The summed E-state index contributed by atoms with van der Waals surface area (Å²) in [6.07, 6.45) is -5.39. The van der Waals surface area contributed by atoms with Gasteiger partial charge in [-0.15, -0.1) is 0 Å². The van der Waals surface area contributed by atoms with Crippen molar-refractivity contribution in [2.75, 3.05) is 7.11 Å². The molecule has 0 fully saturated rings. The third-order valence-corrected chi connectivity index (χ3v) is 2.23. The molecule has 1 rings (SSSR count). The highest BCUT2D eigenvalue weighted by Gasteiger charge is 2.33. The molecule has 0 aliphatic carbocycles. The zero-order chi connectivity index (χ0) is 12.5. The molecule has 0 amide bonds. The van der Waals surface area contributed by atoms with Crippen molar-refractivity contribution in [2.45, 2.75) is 25.6 Å². The Balaban J connectivity index is 3.03. The van der Waals surface area contributed by atoms with Gasteiger partial charge < -0.3 is 10.5 Å². The molecule has 0 radical (unpaired) electrons. The van der Waals surface area contributed by atoms with Gasteiger partial charge in [0.25, 0.3) is 0 Å². The third kappa shape index (κ3) is 2.66. The molecule has 1 aromatic heterocycles. The van der Waals surface area contributed by atoms with Crippen LogP contribution in [0.25, 0.3) is 0 Å². The summed E-state index contributed by atoms with van der Waals surface area (Å²) in [7, 11) is 2.97. The summed E-state index contributed by atoms with van der Waals surface area (Å²) < 4.78 is 43.0. The lowest BCUT2D eigenvalue weighted by Gasteiger charge is -2.15. The van der Waals surface area contributed by atoms with Crippen LogP contribution in [0.5, 0.6) is 5.88 Å². The first-order chi connectivity index (χ1) is 7.26. The number of halogens is 3. The number of ether oxygens (including phenoxy) is 1. The molecule has 1 heterocycles. The van der Waals surface area contributed by atoms with Gasteiger partial charge in [-0.25, -0.2) is 4.68 Å². The van der Waals surface area contributed by atoms with E-state index in [0.717, 1.165) is 0 Å². The smallest absolute Gasteiger partial charge is 0.390 e. The van der Waals surface area contributed by atoms with Crippen LogP contribution in [0.15, 0.2) is 0 Å². The maximum atomic E-state index is 12.2. The fraction of sp³-hybridized carbons (Fsp3) is 0.667. The highest BCUT2D eigenvalue weighted by Crippen LogP contribution is 2.33. The quantitative estimate of drug-likeness (QED) is 0.870. The van der Waals surface area contributed by atoms with Gasteiger partial charge in [0.1, 0.15) is 0 Å². The fourth-order valence-electron chi connectivity index (χ4n) is 1.67. The molecule has 0 saturated heterocycles. The number of nitrogens with zero attached hydrogens (tertiary/aromatic N) is 2. The SMILES string of the molecule is COc1c([C@H](N)CC(F)(F)F)c(C)nn1C. The van der Waals surface area contributed by atoms with Crippen LogP contribution in [0.3, 0.4) is 0 Å². The number of aromatic nitrogens is 2. The molecule has 0 spiro atoms. The van der Waals surface area contributed by atoms with Gasteiger partial charge in [-0.05, 0) is 6.92 Å². The van der Waals surface area contributed by atoms with Crippen LogP contribution in [0.2, 0.25) is 0 Å². The van der Waals surface area contributed by atoms with Gasteiger partial charge in [0.2, 0.25) is 5.88 Å². The van der Waals surface area contributed by atoms with Gasteiger partial charge in [-0.3, -0.25) is 0 Å². The Labute approximate surface area is 91.2 Å². The molecule has 0 aliphatic heterocycles. The monoisotopic (exact) mass is 237 g/mol. The van der Waals surface area contributed by atoms with Crippen molar-refractivity contribution in [1.82, 2.24) is 9.78 Å². The lowest BCUT2D eigenvalue weighted by molar-refractivity contribution is -0.138. The van der Waals surface area contributed by atoms with E-state index in [0.29, 0.717) is 11.3 Å². The van der Waals surface area contributed by atoms with E-state index >= 15 is 0 Å². The average molecular weight is 237 g/mol. The van der Waals surface area contributed by atoms with Crippen molar-refractivity contribution in [2.24, 2.45) is 12.8 Å². The summed E-state index contributed by atoms with van der Waals surface area (Å²) >= 11 is 0. The van der Waals surface area contributed by atoms with E-state index < -0.39 is 18.6 Å². The Morgan fingerprint density at radius 3 is 2.50 bits per heavy atom. The first-order valence-corrected chi connectivity index (χ1v) is 4.66. The third-order valence-electron chi connectivity index (χ3n) is 2.23. The average Bonchev–Trinajstić information content (AvgIpc) is 2.37. The molecule has 16 heavy (non-hydrogen) atoms. The fourth-order valence-corrected chi connectivity index (χ4v) is 1.67. The maximum absolute atomic E-state index is 12.2. The van der Waals surface area contributed by atoms with Gasteiger partial charge in [0, 0.05) is 13.1 Å². The molecular formula is C9H14F3N3O. The highest BCUT2D eigenvalue weighted by atomic mass is 19.4. The van der Waals surface area contributed by atoms with Crippen LogP contribution in [0, 0.1) is 6.92 Å². The zero-order valence-corrected chi connectivity index (χ0v) is 9.30. The van der Waals surface area contributed by atoms with E-state index in [1.54, 1.807) is 14.0 Å². The number of hydrogen-bond acceptors (Lipinski definition) is 3. The Morgan fingerprint density at radius 2 is 2.06 bits per heavy atom. The van der Waals surface area contributed by atoms with E-state index in [2.05, 4.69) is 5.10 Å². The van der Waals surface area contributed by atoms with Gasteiger partial charge in [-0.1, -0.05) is 0 Å². The zero-order valence-electron chi connectivity index (χ0n) is 9.30. The molecule has 0 aromatic carbocycles. The van der Waals surface area contributed by atoms with E-state index in [1.807, 2.05) is 0 Å². The van der Waals surface area contributed by atoms with Gasteiger partial charge in [-0.2, -0.15) is 18.3 Å². The van der Waals surface area contributed by atoms with Crippen molar-refractivity contribution in [1.29, 1.82) is 0 Å². The summed E-state index contributed by atoms with van der Waals surface area (Å²) in [6.45, 7) is 1.61. The first kappa shape index (κ1) is 12.8. The molecule has 1 aromatic rings. The number of methoxy groups -OCH3 is 1. The second kappa shape index (κ2) is 4.32. The second-order valence-electron chi connectivity index (χ2n) is 3.56. The van der Waals surface area contributed by atoms with Gasteiger partial charge >= 0.3 is 6.18 Å². The second-order valence-corrected chi connectivity index (χ2v) is 3.56. The van der Waals surface area contributed by atoms with Crippen molar-refractivity contribution >= 4 is 0 Å². The van der Waals surface area contributed by atoms with E-state index in [9.17, 15) is 13.2 Å². The number of aryl methyl sites for hydroxylation is 2. The Hall–Kier alpha value is -1.24. The Kier molecular flexibility index (Phi) is 3.47. The number of hydrogen-bond donors (Lipinski definition) is 1. The molecule has 2 N–H and O–H groups in total. The first-order valence-electron chi connectivity index (χ1n) is 4.66. The van der Waals surface area contributed by atoms with Crippen LogP contribution >= 0.6 is 0 Å². The van der Waals surface area contributed by atoms with E-state index in [1.165, 1.54) is 11.8 Å². The number of alkyl halides is 3. The van der Waals surface area contributed by atoms with Gasteiger partial charge in [0.15, 0.2) is 0 Å². The largest absolute Gasteiger partial charge is 0.481 e. The maximum Gasteiger partial charge on any atom is 0.390 e. The molecule has 1 atom stereocenters. The van der Waals surface area contributed by atoms with Crippen LogP contribution in [-0.2, 0) is 7.05 Å². The number of rotatable bonds is 3. The minimum absolute atomic E-state index is 0.272. The predicted octanol–water partition coefficient (Wildman–Crippen LogP) is 1.69. The summed E-state index contributed by atoms with van der Waals surface area (Å²) in [5.74, 6) is 0.272. The molecule has 7 heteroatoms. The van der Waals surface area contributed by atoms with Crippen LogP contribution < -0.4 is 10.5 Å². The summed E-state index contributed by atoms with van der Waals surface area (Å²) in [4.78, 5) is 0. The molecule has 0 aliphatic rings. The molecule has 0 saturated carbocycles. The van der Waals surface area contributed by atoms with Crippen LogP contribution in [0.4, 0.5) is 13.2 Å². The predicted molar refractivity (Wildman–Crippen MR) is 52.1 cm³/mol. The topological polar surface area (TPSA) is 53.1 Å². The van der Waals surface area contributed by atoms with Crippen molar-refractivity contribution in [3.8, 4) is 5.88 Å². The summed E-state index contributed by atoms with van der Waals surface area (Å²) in [6, 6.07) is -1.15. The Bertz CT molecular complexity index is 373. The van der Waals surface area contributed by atoms with Crippen molar-refractivity contribution in [3.63, 3.8) is 0 Å². The minimum atomic E-state index is -4.30. The standard InChI is InChI=1S/C9H14F3N3O/c1-5-7(6(13)4-9(10,11)12)8(16-3)15(2)14-5/h6H,4,13H2,1-3H3/t6-/m1/s1. The normalized spacial score (nSPS) is 13.9. The molecule has 0 unspecified atom stereocenters. The van der Waals surface area contributed by atoms with E-state index in [4.69, 9.17) is 10.5 Å². The Morgan fingerprint density at radius 1 is 1.50 bits per heavy atom. The summed E-state index contributed by atoms with van der Waals surface area (Å²) in [5, 5.41) is 3.98. The molecule has 92 valence electrons. The van der Waals surface area contributed by atoms with Crippen LogP contribution in [-0.4, -0.2) is 23.1 Å². The summed E-state index contributed by atoms with van der Waals surface area (Å²) in [5.41, 5.74) is 6.28. The van der Waals surface area contributed by atoms with Crippen molar-refractivity contribution < 1.29 is 17.9 Å². The van der Waals surface area contributed by atoms with E-state index in [-0.39, 0.29) is 5.88 Å². The van der Waals surface area contributed by atoms with Crippen LogP contribution in [0.1, 0.15) is 23.7 Å². The molecular weight excluding hydrogens is 223 g/mol. The molecule has 0 bridgehead atoms. The molecule has 4 nitrogen and oxygen atoms in total. The highest BCUT2D eigenvalue weighted by molar-refractivity contribution is 5.34. The van der Waals surface area contributed by atoms with Crippen molar-refractivity contribution in [3.05, 3.63) is 11.3 Å². The minimum Gasteiger partial charge on any atom is -0.481 e. The number of nitrogens with two attached hydrogens (primary N) is 1. The lowest BCUT2D eigenvalue weighted by Crippen LogP contribution is -2.21. The van der Waals surface area contributed by atoms with Gasteiger partial charge in [0.05, 0.1) is 24.8 Å². The lowest BCUT2D eigenvalue weighted by atomic mass is 10.1.